The van der Waals surface area contributed by atoms with Gasteiger partial charge in [0, 0.05) is 12.0 Å². The van der Waals surface area contributed by atoms with Gasteiger partial charge in [0.1, 0.15) is 0 Å². The molecule has 4 heteroatoms. The molecule has 1 heterocycles. The van der Waals surface area contributed by atoms with Crippen LogP contribution >= 0.6 is 0 Å². The summed E-state index contributed by atoms with van der Waals surface area (Å²) in [6, 6.07) is 9.67. The standard InChI is InChI=1S/C12H14N2O2/c1-9(15)7-8-11-13-12(14-16-11)10-5-3-2-4-6-10/h2-6,9,15H,7-8H2,1H3. The third-order valence-corrected chi connectivity index (χ3v) is 2.28. The maximum Gasteiger partial charge on any atom is 0.227 e. The third-order valence-electron chi connectivity index (χ3n) is 2.28. The number of hydrogen-bond donors (Lipinski definition) is 1. The third kappa shape index (κ3) is 2.67. The van der Waals surface area contributed by atoms with Gasteiger partial charge < -0.3 is 9.63 Å². The van der Waals surface area contributed by atoms with Gasteiger partial charge in [-0.05, 0) is 13.3 Å². The average molecular weight is 218 g/mol. The van der Waals surface area contributed by atoms with Crippen LogP contribution < -0.4 is 0 Å². The molecule has 0 amide bonds. The Morgan fingerprint density at radius 3 is 2.75 bits per heavy atom. The van der Waals surface area contributed by atoms with Gasteiger partial charge in [-0.3, -0.25) is 0 Å². The summed E-state index contributed by atoms with van der Waals surface area (Å²) in [6.07, 6.45) is 0.903. The number of benzene rings is 1. The van der Waals surface area contributed by atoms with Gasteiger partial charge in [0.15, 0.2) is 0 Å². The second-order valence-electron chi connectivity index (χ2n) is 3.77. The van der Waals surface area contributed by atoms with Crippen molar-refractivity contribution < 1.29 is 9.63 Å². The predicted octanol–water partition coefficient (Wildman–Crippen LogP) is 2.05. The number of aromatic nitrogens is 2. The first kappa shape index (κ1) is 10.8. The fourth-order valence-electron chi connectivity index (χ4n) is 1.39. The lowest BCUT2D eigenvalue weighted by atomic mass is 10.2. The van der Waals surface area contributed by atoms with E-state index in [1.54, 1.807) is 6.92 Å². The lowest BCUT2D eigenvalue weighted by Gasteiger charge is -1.98. The molecule has 2 rings (SSSR count). The van der Waals surface area contributed by atoms with E-state index < -0.39 is 0 Å². The fraction of sp³-hybridized carbons (Fsp3) is 0.333. The Bertz CT molecular complexity index is 437. The van der Waals surface area contributed by atoms with E-state index in [2.05, 4.69) is 10.1 Å². The number of aryl methyl sites for hydroxylation is 1. The van der Waals surface area contributed by atoms with Crippen molar-refractivity contribution in [3.8, 4) is 11.4 Å². The molecule has 0 aliphatic carbocycles. The fourth-order valence-corrected chi connectivity index (χ4v) is 1.39. The summed E-state index contributed by atoms with van der Waals surface area (Å²) in [6.45, 7) is 1.74. The number of aliphatic hydroxyl groups excluding tert-OH is 1. The van der Waals surface area contributed by atoms with E-state index in [-0.39, 0.29) is 6.10 Å². The lowest BCUT2D eigenvalue weighted by molar-refractivity contribution is 0.180. The first-order valence-corrected chi connectivity index (χ1v) is 5.32. The highest BCUT2D eigenvalue weighted by Gasteiger charge is 2.08. The highest BCUT2D eigenvalue weighted by molar-refractivity contribution is 5.53. The van der Waals surface area contributed by atoms with E-state index in [9.17, 15) is 0 Å². The van der Waals surface area contributed by atoms with E-state index in [0.717, 1.165) is 5.56 Å². The molecule has 0 aliphatic heterocycles. The molecule has 1 unspecified atom stereocenters. The molecule has 1 atom stereocenters. The molecule has 0 bridgehead atoms. The Balaban J connectivity index is 2.08. The SMILES string of the molecule is CC(O)CCc1nc(-c2ccccc2)no1. The second-order valence-corrected chi connectivity index (χ2v) is 3.77. The second kappa shape index (κ2) is 4.90. The van der Waals surface area contributed by atoms with Crippen LogP contribution in [0.2, 0.25) is 0 Å². The minimum atomic E-state index is -0.341. The molecule has 1 aromatic heterocycles. The van der Waals surface area contributed by atoms with Crippen molar-refractivity contribution in [1.29, 1.82) is 0 Å². The van der Waals surface area contributed by atoms with E-state index in [1.165, 1.54) is 0 Å². The summed E-state index contributed by atoms with van der Waals surface area (Å²) >= 11 is 0. The number of rotatable bonds is 4. The summed E-state index contributed by atoms with van der Waals surface area (Å²) in [4.78, 5) is 4.26. The molecular formula is C12H14N2O2. The molecule has 0 saturated carbocycles. The van der Waals surface area contributed by atoms with Crippen molar-refractivity contribution in [2.45, 2.75) is 25.9 Å². The van der Waals surface area contributed by atoms with Gasteiger partial charge in [-0.2, -0.15) is 4.98 Å². The van der Waals surface area contributed by atoms with E-state index in [0.29, 0.717) is 24.6 Å². The minimum absolute atomic E-state index is 0.341. The molecule has 0 fully saturated rings. The quantitative estimate of drug-likeness (QED) is 0.853. The van der Waals surface area contributed by atoms with Gasteiger partial charge >= 0.3 is 0 Å². The Kier molecular flexibility index (Phi) is 3.31. The van der Waals surface area contributed by atoms with Crippen molar-refractivity contribution in [2.75, 3.05) is 0 Å². The van der Waals surface area contributed by atoms with Crippen molar-refractivity contribution in [3.05, 3.63) is 36.2 Å². The van der Waals surface area contributed by atoms with Gasteiger partial charge in [0.2, 0.25) is 11.7 Å². The molecule has 0 spiro atoms. The average Bonchev–Trinajstić information content (AvgIpc) is 2.76. The number of hydrogen-bond acceptors (Lipinski definition) is 4. The molecule has 2 aromatic rings. The molecule has 0 aliphatic rings. The van der Waals surface area contributed by atoms with Gasteiger partial charge in [-0.25, -0.2) is 0 Å². The monoisotopic (exact) mass is 218 g/mol. The zero-order valence-corrected chi connectivity index (χ0v) is 9.13. The van der Waals surface area contributed by atoms with Gasteiger partial charge in [0.05, 0.1) is 6.10 Å². The summed E-state index contributed by atoms with van der Waals surface area (Å²) < 4.78 is 5.10. The Hall–Kier alpha value is -1.68. The van der Waals surface area contributed by atoms with Crippen LogP contribution in [0.15, 0.2) is 34.9 Å². The molecule has 1 N–H and O–H groups in total. The zero-order chi connectivity index (χ0) is 11.4. The maximum absolute atomic E-state index is 9.15. The van der Waals surface area contributed by atoms with Crippen molar-refractivity contribution >= 4 is 0 Å². The van der Waals surface area contributed by atoms with Crippen LogP contribution in [-0.2, 0) is 6.42 Å². The van der Waals surface area contributed by atoms with Gasteiger partial charge in [-0.15, -0.1) is 0 Å². The van der Waals surface area contributed by atoms with Crippen LogP contribution in [0.1, 0.15) is 19.2 Å². The molecular weight excluding hydrogens is 204 g/mol. The lowest BCUT2D eigenvalue weighted by Crippen LogP contribution is -2.01. The smallest absolute Gasteiger partial charge is 0.227 e. The summed E-state index contributed by atoms with van der Waals surface area (Å²) in [5.41, 5.74) is 0.939. The first-order valence-electron chi connectivity index (χ1n) is 5.32. The molecule has 1 aromatic carbocycles. The van der Waals surface area contributed by atoms with Crippen LogP contribution in [0.4, 0.5) is 0 Å². The van der Waals surface area contributed by atoms with Crippen molar-refractivity contribution in [2.24, 2.45) is 0 Å². The predicted molar refractivity (Wildman–Crippen MR) is 59.7 cm³/mol. The number of nitrogens with zero attached hydrogens (tertiary/aromatic N) is 2. The molecule has 0 saturated heterocycles. The van der Waals surface area contributed by atoms with Crippen molar-refractivity contribution in [1.82, 2.24) is 10.1 Å². The summed E-state index contributed by atoms with van der Waals surface area (Å²) in [5.74, 6) is 1.17. The Labute approximate surface area is 93.9 Å². The van der Waals surface area contributed by atoms with E-state index >= 15 is 0 Å². The van der Waals surface area contributed by atoms with Crippen molar-refractivity contribution in [3.63, 3.8) is 0 Å². The highest BCUT2D eigenvalue weighted by Crippen LogP contribution is 2.15. The number of aliphatic hydroxyl groups is 1. The molecule has 84 valence electrons. The Morgan fingerprint density at radius 1 is 1.31 bits per heavy atom. The van der Waals surface area contributed by atoms with Gasteiger partial charge in [0.25, 0.3) is 0 Å². The largest absolute Gasteiger partial charge is 0.393 e. The van der Waals surface area contributed by atoms with Crippen LogP contribution in [0.5, 0.6) is 0 Å². The minimum Gasteiger partial charge on any atom is -0.393 e. The highest BCUT2D eigenvalue weighted by atomic mass is 16.5. The van der Waals surface area contributed by atoms with E-state index in [1.807, 2.05) is 30.3 Å². The molecule has 0 radical (unpaired) electrons. The molecule has 4 nitrogen and oxygen atoms in total. The summed E-state index contributed by atoms with van der Waals surface area (Å²) in [7, 11) is 0. The topological polar surface area (TPSA) is 59.2 Å². The van der Waals surface area contributed by atoms with E-state index in [4.69, 9.17) is 9.63 Å². The Morgan fingerprint density at radius 2 is 2.06 bits per heavy atom. The molecule has 16 heavy (non-hydrogen) atoms. The van der Waals surface area contributed by atoms with Crippen LogP contribution in [0.25, 0.3) is 11.4 Å². The van der Waals surface area contributed by atoms with Crippen LogP contribution in [0, 0.1) is 0 Å². The summed E-state index contributed by atoms with van der Waals surface area (Å²) in [5, 5.41) is 13.0. The van der Waals surface area contributed by atoms with Gasteiger partial charge in [-0.1, -0.05) is 35.5 Å². The zero-order valence-electron chi connectivity index (χ0n) is 9.13. The first-order chi connectivity index (χ1) is 7.75. The normalized spacial score (nSPS) is 12.6. The van der Waals surface area contributed by atoms with Crippen LogP contribution in [-0.4, -0.2) is 21.4 Å². The maximum atomic E-state index is 9.15. The van der Waals surface area contributed by atoms with Crippen LogP contribution in [0.3, 0.4) is 0 Å².